The van der Waals surface area contributed by atoms with Gasteiger partial charge in [-0.25, -0.2) is 0 Å². The van der Waals surface area contributed by atoms with Gasteiger partial charge in [0.2, 0.25) is 5.91 Å². The number of carboxylic acid groups (broad SMARTS) is 1. The summed E-state index contributed by atoms with van der Waals surface area (Å²) >= 11 is 11.7. The van der Waals surface area contributed by atoms with Crippen molar-refractivity contribution in [3.63, 3.8) is 0 Å². The van der Waals surface area contributed by atoms with Gasteiger partial charge in [-0.15, -0.1) is 0 Å². The van der Waals surface area contributed by atoms with Crippen molar-refractivity contribution >= 4 is 35.1 Å². The van der Waals surface area contributed by atoms with Gasteiger partial charge in [-0.3, -0.25) is 9.59 Å². The lowest BCUT2D eigenvalue weighted by Gasteiger charge is -2.45. The summed E-state index contributed by atoms with van der Waals surface area (Å²) in [7, 11) is 0. The highest BCUT2D eigenvalue weighted by Crippen LogP contribution is 2.46. The molecule has 2 heterocycles. The Kier molecular flexibility index (Phi) is 12.3. The van der Waals surface area contributed by atoms with Crippen LogP contribution in [0.5, 0.6) is 0 Å². The van der Waals surface area contributed by atoms with Crippen molar-refractivity contribution in [2.75, 3.05) is 39.4 Å². The summed E-state index contributed by atoms with van der Waals surface area (Å²) in [6.45, 7) is 4.20. The average Bonchev–Trinajstić information content (AvgIpc) is 2.99. The molecule has 2 aliphatic carbocycles. The number of nitrogens with one attached hydrogen (secondary N) is 1. The van der Waals surface area contributed by atoms with E-state index in [1.54, 1.807) is 12.1 Å². The lowest BCUT2D eigenvalue weighted by molar-refractivity contribution is -0.147. The summed E-state index contributed by atoms with van der Waals surface area (Å²) in [5, 5.41) is 31.8. The smallest absolute Gasteiger partial charge is 0.314 e. The van der Waals surface area contributed by atoms with Gasteiger partial charge in [-0.05, 0) is 105 Å². The molecular weight excluding hydrogens is 587 g/mol. The van der Waals surface area contributed by atoms with Gasteiger partial charge < -0.3 is 25.5 Å². The number of carbonyl (C=O) groups is 2. The molecule has 4 N–H and O–H groups in total. The van der Waals surface area contributed by atoms with Crippen LogP contribution in [0.25, 0.3) is 0 Å². The third-order valence-corrected chi connectivity index (χ3v) is 10.3. The quantitative estimate of drug-likeness (QED) is 0.320. The fourth-order valence-electron chi connectivity index (χ4n) is 6.63. The highest BCUT2D eigenvalue weighted by atomic mass is 35.5. The minimum atomic E-state index is -0.717. The van der Waals surface area contributed by atoms with Gasteiger partial charge in [-0.2, -0.15) is 0 Å². The maximum absolute atomic E-state index is 13.1. The van der Waals surface area contributed by atoms with E-state index in [9.17, 15) is 19.8 Å². The number of nitrogens with zero attached hydrogens (tertiary/aromatic N) is 1. The molecule has 2 saturated heterocycles. The number of likely N-dealkylation sites (tertiary alicyclic amines) is 1. The molecule has 2 saturated carbocycles. The van der Waals surface area contributed by atoms with Gasteiger partial charge in [0.05, 0.1) is 10.8 Å². The molecule has 0 spiro atoms. The maximum atomic E-state index is 13.1. The maximum Gasteiger partial charge on any atom is 0.314 e. The monoisotopic (exact) mass is 632 g/mol. The summed E-state index contributed by atoms with van der Waals surface area (Å²) in [6, 6.07) is 14.9. The molecule has 0 radical (unpaired) electrons. The predicted molar refractivity (Wildman–Crippen MR) is 171 cm³/mol. The second-order valence-electron chi connectivity index (χ2n) is 12.5. The Hall–Kier alpha value is -2.16. The lowest BCUT2D eigenvalue weighted by atomic mass is 9.63. The Labute approximate surface area is 265 Å². The zero-order chi connectivity index (χ0) is 30.9. The largest absolute Gasteiger partial charge is 0.481 e. The fourth-order valence-corrected chi connectivity index (χ4v) is 6.88. The van der Waals surface area contributed by atoms with Crippen LogP contribution in [0.3, 0.4) is 0 Å². The van der Waals surface area contributed by atoms with Crippen LogP contribution in [0.1, 0.15) is 75.3 Å². The number of aliphatic carboxylic acids is 1. The van der Waals surface area contributed by atoms with E-state index >= 15 is 0 Å². The average molecular weight is 634 g/mol. The molecule has 2 aromatic rings. The highest BCUT2D eigenvalue weighted by molar-refractivity contribution is 6.30. The van der Waals surface area contributed by atoms with E-state index < -0.39 is 11.4 Å². The molecule has 0 bridgehead atoms. The second-order valence-corrected chi connectivity index (χ2v) is 13.4. The summed E-state index contributed by atoms with van der Waals surface area (Å²) in [5.74, 6) is 0.300. The molecule has 9 heteroatoms. The number of halogens is 2. The summed E-state index contributed by atoms with van der Waals surface area (Å²) in [5.41, 5.74) is 0.988. The third-order valence-electron chi connectivity index (χ3n) is 9.75. The number of hydrogen-bond acceptors (Lipinski definition) is 5. The minimum absolute atomic E-state index is 0.178. The number of amides is 1. The first-order valence-corrected chi connectivity index (χ1v) is 16.5. The van der Waals surface area contributed by atoms with Gasteiger partial charge in [0.1, 0.15) is 0 Å². The van der Waals surface area contributed by atoms with E-state index in [2.05, 4.69) is 5.32 Å². The van der Waals surface area contributed by atoms with E-state index in [-0.39, 0.29) is 23.8 Å². The van der Waals surface area contributed by atoms with Crippen molar-refractivity contribution in [1.82, 2.24) is 10.2 Å². The molecule has 2 aliphatic heterocycles. The molecule has 2 atom stereocenters. The first-order valence-electron chi connectivity index (χ1n) is 15.7. The van der Waals surface area contributed by atoms with Gasteiger partial charge in [0.25, 0.3) is 0 Å². The predicted octanol–water partition coefficient (Wildman–Crippen LogP) is 5.82. The number of aliphatic hydroxyl groups is 2. The molecule has 236 valence electrons. The number of carboxylic acids is 1. The first-order chi connectivity index (χ1) is 20.7. The topological polar surface area (TPSA) is 110 Å². The van der Waals surface area contributed by atoms with Gasteiger partial charge in [0, 0.05) is 42.9 Å². The fraction of sp³-hybridized carbons (Fsp3) is 0.588. The van der Waals surface area contributed by atoms with Crippen molar-refractivity contribution in [2.24, 2.45) is 11.8 Å². The lowest BCUT2D eigenvalue weighted by Crippen LogP contribution is -2.53. The number of carbonyl (C=O) groups excluding carboxylic acids is 1. The van der Waals surface area contributed by atoms with Crippen LogP contribution in [0.15, 0.2) is 48.5 Å². The Morgan fingerprint density at radius 3 is 1.67 bits per heavy atom. The van der Waals surface area contributed by atoms with E-state index in [1.807, 2.05) is 41.3 Å². The number of aliphatic hydroxyl groups excluding tert-OH is 2. The number of benzene rings is 2. The summed E-state index contributed by atoms with van der Waals surface area (Å²) < 4.78 is 0. The molecule has 2 aromatic carbocycles. The zero-order valence-electron chi connectivity index (χ0n) is 24.9. The minimum Gasteiger partial charge on any atom is -0.481 e. The van der Waals surface area contributed by atoms with Gasteiger partial charge in [0.15, 0.2) is 0 Å². The van der Waals surface area contributed by atoms with Crippen LogP contribution >= 0.6 is 23.2 Å². The zero-order valence-corrected chi connectivity index (χ0v) is 26.5. The molecule has 1 amide bonds. The van der Waals surface area contributed by atoms with Crippen LogP contribution < -0.4 is 5.32 Å². The Morgan fingerprint density at radius 1 is 0.767 bits per heavy atom. The molecule has 0 aromatic heterocycles. The van der Waals surface area contributed by atoms with Crippen LogP contribution in [0.4, 0.5) is 0 Å². The van der Waals surface area contributed by atoms with Crippen molar-refractivity contribution in [1.29, 1.82) is 0 Å². The van der Waals surface area contributed by atoms with Crippen molar-refractivity contribution in [3.8, 4) is 0 Å². The molecule has 6 rings (SSSR count). The van der Waals surface area contributed by atoms with Crippen LogP contribution in [-0.4, -0.2) is 71.5 Å². The molecule has 4 fully saturated rings. The molecule has 4 aliphatic rings. The number of hydrogen-bond donors (Lipinski definition) is 4. The standard InChI is InChI=1S/C17H22ClNO2.C11H11ClO2.C6H13NO/c18-15-6-4-14(5-7-15)17(8-2-9-17)16(21)19-10-1-3-13(11-19)12-20;12-9-4-2-8(3-5-9)11(10(13)14)6-1-7-11;8-5-6-2-1-3-7-4-6/h4-7,13,20H,1-3,8-12H2;2-5H,1,6-7H2,(H,13,14);6-8H,1-5H2. The molecular formula is C34H46Cl2N2O5. The highest BCUT2D eigenvalue weighted by Gasteiger charge is 2.48. The number of rotatable bonds is 6. The molecule has 43 heavy (non-hydrogen) atoms. The Balaban J connectivity index is 0.000000165. The van der Waals surface area contributed by atoms with E-state index in [0.717, 1.165) is 82.1 Å². The Morgan fingerprint density at radius 2 is 1.28 bits per heavy atom. The van der Waals surface area contributed by atoms with Crippen molar-refractivity contribution in [3.05, 3.63) is 69.7 Å². The summed E-state index contributed by atoms with van der Waals surface area (Å²) in [6.07, 6.45) is 9.87. The van der Waals surface area contributed by atoms with Gasteiger partial charge in [-0.1, -0.05) is 60.3 Å². The van der Waals surface area contributed by atoms with Crippen molar-refractivity contribution < 1.29 is 24.9 Å². The van der Waals surface area contributed by atoms with E-state index in [4.69, 9.17) is 28.3 Å². The van der Waals surface area contributed by atoms with E-state index in [1.165, 1.54) is 12.8 Å². The molecule has 7 nitrogen and oxygen atoms in total. The first kappa shape index (κ1) is 33.7. The summed E-state index contributed by atoms with van der Waals surface area (Å²) in [4.78, 5) is 26.2. The number of piperidine rings is 2. The normalized spacial score (nSPS) is 23.7. The molecule has 2 unspecified atom stereocenters. The second kappa shape index (κ2) is 15.7. The van der Waals surface area contributed by atoms with Crippen LogP contribution in [0.2, 0.25) is 10.0 Å². The van der Waals surface area contributed by atoms with Crippen molar-refractivity contribution in [2.45, 2.75) is 75.0 Å². The Bertz CT molecular complexity index is 1180. The van der Waals surface area contributed by atoms with Crippen LogP contribution in [-0.2, 0) is 20.4 Å². The SMILES string of the molecule is O=C(N1CCCC(CO)C1)C1(c2ccc(Cl)cc2)CCC1.O=C(O)C1(c2ccc(Cl)cc2)CCC1.OCC1CCCNC1. The van der Waals surface area contributed by atoms with Crippen LogP contribution in [0, 0.1) is 11.8 Å². The van der Waals surface area contributed by atoms with E-state index in [0.29, 0.717) is 29.1 Å². The third kappa shape index (κ3) is 8.12. The van der Waals surface area contributed by atoms with Gasteiger partial charge >= 0.3 is 5.97 Å².